The smallest absolute Gasteiger partial charge is 0.229 e. The highest BCUT2D eigenvalue weighted by atomic mass is 16.2. The van der Waals surface area contributed by atoms with Gasteiger partial charge in [-0.25, -0.2) is 0 Å². The summed E-state index contributed by atoms with van der Waals surface area (Å²) in [4.78, 5) is 15.1. The highest BCUT2D eigenvalue weighted by Gasteiger charge is 2.43. The molecule has 0 spiro atoms. The molecule has 2 N–H and O–H groups in total. The number of rotatable bonds is 5. The molecule has 2 saturated carbocycles. The van der Waals surface area contributed by atoms with Crippen LogP contribution < -0.4 is 5.73 Å². The van der Waals surface area contributed by atoms with Gasteiger partial charge in [0.05, 0.1) is 0 Å². The Morgan fingerprint density at radius 2 is 1.83 bits per heavy atom. The molecule has 2 rings (SSSR count). The fourth-order valence-electron chi connectivity index (χ4n) is 3.88. The fraction of sp³-hybridized carbons (Fsp3) is 0.933. The van der Waals surface area contributed by atoms with Gasteiger partial charge in [0.2, 0.25) is 5.91 Å². The molecule has 0 atom stereocenters. The van der Waals surface area contributed by atoms with Gasteiger partial charge in [-0.05, 0) is 32.1 Å². The van der Waals surface area contributed by atoms with Crippen LogP contribution in [-0.4, -0.2) is 29.9 Å². The third kappa shape index (κ3) is 2.56. The van der Waals surface area contributed by atoms with Crippen LogP contribution in [0, 0.1) is 5.41 Å². The van der Waals surface area contributed by atoms with E-state index in [4.69, 9.17) is 5.73 Å². The van der Waals surface area contributed by atoms with Gasteiger partial charge in [-0.15, -0.1) is 0 Å². The van der Waals surface area contributed by atoms with E-state index < -0.39 is 0 Å². The van der Waals surface area contributed by atoms with Crippen LogP contribution in [0.2, 0.25) is 0 Å². The zero-order valence-corrected chi connectivity index (χ0v) is 11.8. The molecule has 104 valence electrons. The Morgan fingerprint density at radius 1 is 1.22 bits per heavy atom. The van der Waals surface area contributed by atoms with Crippen LogP contribution in [-0.2, 0) is 4.79 Å². The van der Waals surface area contributed by atoms with E-state index in [2.05, 4.69) is 11.8 Å². The number of amides is 1. The van der Waals surface area contributed by atoms with Gasteiger partial charge in [-0.2, -0.15) is 0 Å². The summed E-state index contributed by atoms with van der Waals surface area (Å²) >= 11 is 0. The van der Waals surface area contributed by atoms with Crippen LogP contribution >= 0.6 is 0 Å². The van der Waals surface area contributed by atoms with E-state index in [0.29, 0.717) is 18.5 Å². The molecular weight excluding hydrogens is 224 g/mol. The quantitative estimate of drug-likeness (QED) is 0.817. The molecule has 0 aromatic carbocycles. The minimum absolute atomic E-state index is 0.0439. The maximum absolute atomic E-state index is 12.9. The van der Waals surface area contributed by atoms with Gasteiger partial charge in [-0.3, -0.25) is 4.79 Å². The number of hydrogen-bond acceptors (Lipinski definition) is 2. The van der Waals surface area contributed by atoms with Crippen LogP contribution in [0.15, 0.2) is 0 Å². The molecule has 0 aliphatic heterocycles. The topological polar surface area (TPSA) is 46.3 Å². The molecule has 2 fully saturated rings. The summed E-state index contributed by atoms with van der Waals surface area (Å²) in [6, 6.07) is 0.477. The van der Waals surface area contributed by atoms with Crippen molar-refractivity contribution in [2.45, 2.75) is 70.8 Å². The van der Waals surface area contributed by atoms with Crippen LogP contribution in [0.4, 0.5) is 0 Å². The van der Waals surface area contributed by atoms with Crippen molar-refractivity contribution in [3.05, 3.63) is 0 Å². The molecular formula is C15H28N2O. The minimum atomic E-state index is -0.0439. The lowest BCUT2D eigenvalue weighted by atomic mass is 9.81. The monoisotopic (exact) mass is 252 g/mol. The summed E-state index contributed by atoms with van der Waals surface area (Å²) < 4.78 is 0. The van der Waals surface area contributed by atoms with Crippen LogP contribution in [0.25, 0.3) is 0 Å². The van der Waals surface area contributed by atoms with E-state index >= 15 is 0 Å². The summed E-state index contributed by atoms with van der Waals surface area (Å²) in [6.07, 6.45) is 10.6. The lowest BCUT2D eigenvalue weighted by Crippen LogP contribution is -2.48. The van der Waals surface area contributed by atoms with E-state index in [1.807, 2.05) is 0 Å². The maximum atomic E-state index is 12.9. The molecule has 0 radical (unpaired) electrons. The maximum Gasteiger partial charge on any atom is 0.229 e. The number of hydrogen-bond donors (Lipinski definition) is 1. The summed E-state index contributed by atoms with van der Waals surface area (Å²) in [6.45, 7) is 3.53. The van der Waals surface area contributed by atoms with Crippen molar-refractivity contribution in [3.63, 3.8) is 0 Å². The van der Waals surface area contributed by atoms with Gasteiger partial charge in [0.1, 0.15) is 0 Å². The van der Waals surface area contributed by atoms with Crippen molar-refractivity contribution in [3.8, 4) is 0 Å². The molecule has 18 heavy (non-hydrogen) atoms. The van der Waals surface area contributed by atoms with E-state index in [1.54, 1.807) is 0 Å². The Labute approximate surface area is 111 Å². The molecule has 0 bridgehead atoms. The highest BCUT2D eigenvalue weighted by molar-refractivity contribution is 5.83. The molecule has 3 nitrogen and oxygen atoms in total. The Bertz CT molecular complexity index is 278. The first-order valence-corrected chi connectivity index (χ1v) is 7.74. The molecule has 0 aromatic rings. The summed E-state index contributed by atoms with van der Waals surface area (Å²) in [5.41, 5.74) is 5.68. The Kier molecular flexibility index (Phi) is 4.66. The second-order valence-corrected chi connectivity index (χ2v) is 6.07. The van der Waals surface area contributed by atoms with Crippen LogP contribution in [0.5, 0.6) is 0 Å². The number of nitrogens with two attached hydrogens (primary N) is 1. The van der Waals surface area contributed by atoms with Gasteiger partial charge in [-0.1, -0.05) is 32.6 Å². The van der Waals surface area contributed by atoms with E-state index in [1.165, 1.54) is 38.5 Å². The van der Waals surface area contributed by atoms with Crippen molar-refractivity contribution in [1.29, 1.82) is 0 Å². The SMILES string of the molecule is CCC1(C(=O)N(CCN)C2CCCC2)CCCC1. The Balaban J connectivity index is 2.11. The molecule has 2 aliphatic rings. The number of nitrogens with zero attached hydrogens (tertiary/aromatic N) is 1. The van der Waals surface area contributed by atoms with E-state index in [9.17, 15) is 4.79 Å². The van der Waals surface area contributed by atoms with Crippen molar-refractivity contribution in [2.24, 2.45) is 11.1 Å². The van der Waals surface area contributed by atoms with E-state index in [-0.39, 0.29) is 5.41 Å². The second kappa shape index (κ2) is 6.05. The molecule has 0 heterocycles. The third-order valence-electron chi connectivity index (χ3n) is 5.09. The first-order chi connectivity index (χ1) is 8.73. The molecule has 1 amide bonds. The summed E-state index contributed by atoms with van der Waals surface area (Å²) in [5, 5.41) is 0. The minimum Gasteiger partial charge on any atom is -0.338 e. The zero-order chi connectivity index (χ0) is 13.0. The highest BCUT2D eigenvalue weighted by Crippen LogP contribution is 2.43. The van der Waals surface area contributed by atoms with Gasteiger partial charge in [0, 0.05) is 24.5 Å². The van der Waals surface area contributed by atoms with Crippen LogP contribution in [0.3, 0.4) is 0 Å². The molecule has 2 aliphatic carbocycles. The Morgan fingerprint density at radius 3 is 2.33 bits per heavy atom. The fourth-order valence-corrected chi connectivity index (χ4v) is 3.88. The van der Waals surface area contributed by atoms with Crippen molar-refractivity contribution >= 4 is 5.91 Å². The first-order valence-electron chi connectivity index (χ1n) is 7.74. The van der Waals surface area contributed by atoms with E-state index in [0.717, 1.165) is 25.8 Å². The second-order valence-electron chi connectivity index (χ2n) is 6.07. The lowest BCUT2D eigenvalue weighted by Gasteiger charge is -2.37. The third-order valence-corrected chi connectivity index (χ3v) is 5.09. The van der Waals surface area contributed by atoms with Gasteiger partial charge in [0.25, 0.3) is 0 Å². The van der Waals surface area contributed by atoms with Crippen molar-refractivity contribution < 1.29 is 4.79 Å². The zero-order valence-electron chi connectivity index (χ0n) is 11.8. The summed E-state index contributed by atoms with van der Waals surface area (Å²) in [7, 11) is 0. The molecule has 3 heteroatoms. The average molecular weight is 252 g/mol. The lowest BCUT2D eigenvalue weighted by molar-refractivity contribution is -0.144. The standard InChI is InChI=1S/C15H28N2O/c1-2-15(9-5-6-10-15)14(18)17(12-11-16)13-7-3-4-8-13/h13H,2-12,16H2,1H3. The summed E-state index contributed by atoms with van der Waals surface area (Å²) in [5.74, 6) is 0.417. The van der Waals surface area contributed by atoms with Gasteiger partial charge >= 0.3 is 0 Å². The van der Waals surface area contributed by atoms with Crippen molar-refractivity contribution in [1.82, 2.24) is 4.90 Å². The van der Waals surface area contributed by atoms with Gasteiger partial charge in [0.15, 0.2) is 0 Å². The van der Waals surface area contributed by atoms with Crippen molar-refractivity contribution in [2.75, 3.05) is 13.1 Å². The van der Waals surface area contributed by atoms with Gasteiger partial charge < -0.3 is 10.6 Å². The predicted octanol–water partition coefficient (Wildman–Crippen LogP) is 2.69. The largest absolute Gasteiger partial charge is 0.338 e. The molecule has 0 unspecified atom stereocenters. The average Bonchev–Trinajstić information content (AvgIpc) is 3.06. The number of carbonyl (C=O) groups excluding carboxylic acids is 1. The predicted molar refractivity (Wildman–Crippen MR) is 74.2 cm³/mol. The normalized spacial score (nSPS) is 23.4. The number of carbonyl (C=O) groups is 1. The van der Waals surface area contributed by atoms with Crippen LogP contribution in [0.1, 0.15) is 64.7 Å². The molecule has 0 aromatic heterocycles. The molecule has 0 saturated heterocycles. The first kappa shape index (κ1) is 13.9. The Hall–Kier alpha value is -0.570.